The molecule has 14 aromatic rings. The highest BCUT2D eigenvalue weighted by Crippen LogP contribution is 2.50. The zero-order valence-electron chi connectivity index (χ0n) is 48.9. The van der Waals surface area contributed by atoms with Crippen LogP contribution in [0.2, 0.25) is 0 Å². The Morgan fingerprint density at radius 3 is 0.679 bits per heavy atom. The summed E-state index contributed by atoms with van der Waals surface area (Å²) in [4.78, 5) is 0. The third kappa shape index (κ3) is 9.33. The zero-order valence-corrected chi connectivity index (χ0v) is 48.9. The highest BCUT2D eigenvalue weighted by molar-refractivity contribution is 6.11. The van der Waals surface area contributed by atoms with E-state index in [9.17, 15) is 0 Å². The molecule has 0 radical (unpaired) electrons. The minimum Gasteiger partial charge on any atom is -0.309 e. The van der Waals surface area contributed by atoms with Gasteiger partial charge in [-0.15, -0.1) is 0 Å². The van der Waals surface area contributed by atoms with Crippen LogP contribution in [-0.2, 0) is 21.7 Å². The first-order chi connectivity index (χ1) is 41.0. The summed E-state index contributed by atoms with van der Waals surface area (Å²) in [5.74, 6) is 0. The van der Waals surface area contributed by atoms with Crippen molar-refractivity contribution in [1.29, 1.82) is 0 Å². The number of nitrogens with zero attached hydrogens (tertiary/aromatic N) is 2. The summed E-state index contributed by atoms with van der Waals surface area (Å²) in [6.45, 7) is 13.6. The van der Waals surface area contributed by atoms with Gasteiger partial charge in [0.15, 0.2) is 0 Å². The average molecular weight is 1080 g/mol. The van der Waals surface area contributed by atoms with Crippen molar-refractivity contribution in [3.05, 3.63) is 371 Å². The van der Waals surface area contributed by atoms with Gasteiger partial charge in [-0.2, -0.15) is 0 Å². The van der Waals surface area contributed by atoms with Crippen molar-refractivity contribution in [2.45, 2.75) is 63.2 Å². The van der Waals surface area contributed by atoms with Crippen LogP contribution in [0.4, 0.5) is 0 Å². The fraction of sp³-hybridized carbons (Fsp3) is 0.122. The fourth-order valence-electron chi connectivity index (χ4n) is 13.3. The SMILES string of the molecule is CC(C)(C)c1ccc(-n2c3ccc(C(c4ccccc4)(c4ccccc4)c4ccccc4)cc3c3cc(C(c4ccccc4)(c4ccccc4)c4ccccc4)ccc32)cc1.CC(C)(C)c1ccc(-n2c3ccccc3c3ccccc32)cc1. The Morgan fingerprint density at radius 1 is 0.190 bits per heavy atom. The molecule has 0 unspecified atom stereocenters. The summed E-state index contributed by atoms with van der Waals surface area (Å²) in [5.41, 5.74) is 18.8. The smallest absolute Gasteiger partial charge is 0.0701 e. The molecule has 0 spiro atoms. The number of fused-ring (bicyclic) bond motifs is 6. The lowest BCUT2D eigenvalue weighted by Gasteiger charge is -2.37. The third-order valence-corrected chi connectivity index (χ3v) is 17.4. The van der Waals surface area contributed by atoms with Crippen molar-refractivity contribution in [2.24, 2.45) is 0 Å². The van der Waals surface area contributed by atoms with Crippen molar-refractivity contribution in [1.82, 2.24) is 9.13 Å². The van der Waals surface area contributed by atoms with Gasteiger partial charge >= 0.3 is 0 Å². The van der Waals surface area contributed by atoms with E-state index in [4.69, 9.17) is 0 Å². The second kappa shape index (κ2) is 21.9. The molecule has 0 bridgehead atoms. The van der Waals surface area contributed by atoms with E-state index in [-0.39, 0.29) is 10.8 Å². The van der Waals surface area contributed by atoms with E-state index < -0.39 is 10.8 Å². The summed E-state index contributed by atoms with van der Waals surface area (Å²) >= 11 is 0. The molecular formula is C82H70N2. The van der Waals surface area contributed by atoms with Crippen LogP contribution in [0.1, 0.15) is 97.2 Å². The van der Waals surface area contributed by atoms with Crippen molar-refractivity contribution < 1.29 is 0 Å². The van der Waals surface area contributed by atoms with Crippen LogP contribution in [0.15, 0.2) is 315 Å². The molecule has 408 valence electrons. The first kappa shape index (κ1) is 53.5. The maximum atomic E-state index is 2.49. The number of para-hydroxylation sites is 2. The largest absolute Gasteiger partial charge is 0.309 e. The minimum absolute atomic E-state index is 0.0500. The van der Waals surface area contributed by atoms with Crippen molar-refractivity contribution >= 4 is 43.6 Å². The lowest BCUT2D eigenvalue weighted by atomic mass is 9.64. The van der Waals surface area contributed by atoms with Gasteiger partial charge in [-0.3, -0.25) is 0 Å². The topological polar surface area (TPSA) is 9.86 Å². The second-order valence-electron chi connectivity index (χ2n) is 24.5. The number of rotatable bonds is 10. The van der Waals surface area contributed by atoms with Crippen LogP contribution >= 0.6 is 0 Å². The van der Waals surface area contributed by atoms with Gasteiger partial charge in [0.05, 0.1) is 32.9 Å². The Balaban J connectivity index is 0.000000238. The van der Waals surface area contributed by atoms with E-state index in [0.717, 1.165) is 5.69 Å². The molecule has 12 aromatic carbocycles. The highest BCUT2D eigenvalue weighted by atomic mass is 15.0. The molecule has 0 amide bonds. The molecule has 0 saturated carbocycles. The van der Waals surface area contributed by atoms with Crippen LogP contribution in [0, 0.1) is 0 Å². The van der Waals surface area contributed by atoms with Crippen molar-refractivity contribution in [3.8, 4) is 11.4 Å². The molecule has 2 nitrogen and oxygen atoms in total. The highest BCUT2D eigenvalue weighted by Gasteiger charge is 2.41. The molecule has 0 aliphatic rings. The lowest BCUT2D eigenvalue weighted by molar-refractivity contribution is 0.590. The molecule has 0 fully saturated rings. The molecule has 0 aliphatic heterocycles. The van der Waals surface area contributed by atoms with Crippen LogP contribution in [0.5, 0.6) is 0 Å². The zero-order chi connectivity index (χ0) is 57.5. The van der Waals surface area contributed by atoms with Gasteiger partial charge < -0.3 is 9.13 Å². The molecule has 84 heavy (non-hydrogen) atoms. The standard InChI is InChI=1S/C60H49N.C22H21N/c1-58(2,3)44-34-38-53(39-35-44)61-56-40-36-51(59(45-22-10-4-11-23-45,46-24-12-5-13-25-46)47-26-14-6-15-27-47)42-54(56)55-43-52(37-41-57(55)61)60(48-28-16-7-17-29-48,49-30-18-8-19-31-49)50-32-20-9-21-33-50;1-22(2,3)16-12-14-17(15-13-16)23-20-10-6-4-8-18(20)19-9-5-7-11-21(19)23/h4-43H,1-3H3;4-15H,1-3H3. The monoisotopic (exact) mass is 1080 g/mol. The summed E-state index contributed by atoms with van der Waals surface area (Å²) < 4.78 is 4.83. The minimum atomic E-state index is -0.583. The Morgan fingerprint density at radius 2 is 0.417 bits per heavy atom. The Kier molecular flexibility index (Phi) is 13.9. The van der Waals surface area contributed by atoms with E-state index in [1.165, 1.54) is 105 Å². The molecule has 0 saturated heterocycles. The van der Waals surface area contributed by atoms with Gasteiger partial charge in [0, 0.05) is 32.9 Å². The van der Waals surface area contributed by atoms with Crippen LogP contribution < -0.4 is 0 Å². The Hall–Kier alpha value is -9.76. The number of hydrogen-bond donors (Lipinski definition) is 0. The molecule has 0 atom stereocenters. The lowest BCUT2D eigenvalue weighted by Crippen LogP contribution is -2.31. The molecular weight excluding hydrogens is 1010 g/mol. The molecule has 2 heterocycles. The second-order valence-corrected chi connectivity index (χ2v) is 24.5. The first-order valence-corrected chi connectivity index (χ1v) is 29.6. The van der Waals surface area contributed by atoms with Gasteiger partial charge in [-0.25, -0.2) is 0 Å². The van der Waals surface area contributed by atoms with Crippen LogP contribution in [0.3, 0.4) is 0 Å². The fourth-order valence-corrected chi connectivity index (χ4v) is 13.3. The summed E-state index contributed by atoms with van der Waals surface area (Å²) in [6, 6.07) is 116. The number of benzene rings is 12. The van der Waals surface area contributed by atoms with Crippen LogP contribution in [0.25, 0.3) is 55.0 Å². The van der Waals surface area contributed by atoms with Gasteiger partial charge in [-0.1, -0.05) is 296 Å². The summed E-state index contributed by atoms with van der Waals surface area (Å²) in [5, 5.41) is 5.04. The van der Waals surface area contributed by atoms with E-state index in [1.807, 2.05) is 0 Å². The molecule has 2 aromatic heterocycles. The van der Waals surface area contributed by atoms with Gasteiger partial charge in [0.25, 0.3) is 0 Å². The maximum Gasteiger partial charge on any atom is 0.0701 e. The first-order valence-electron chi connectivity index (χ1n) is 29.6. The predicted molar refractivity (Wildman–Crippen MR) is 356 cm³/mol. The molecule has 0 N–H and O–H groups in total. The average Bonchev–Trinajstić information content (AvgIpc) is 1.66. The van der Waals surface area contributed by atoms with E-state index >= 15 is 0 Å². The summed E-state index contributed by atoms with van der Waals surface area (Å²) in [7, 11) is 0. The molecule has 2 heteroatoms. The quantitative estimate of drug-likeness (QED) is 0.121. The molecule has 0 aliphatic carbocycles. The normalized spacial score (nSPS) is 12.2. The van der Waals surface area contributed by atoms with Gasteiger partial charge in [0.1, 0.15) is 0 Å². The van der Waals surface area contributed by atoms with Gasteiger partial charge in [0.2, 0.25) is 0 Å². The number of hydrogen-bond acceptors (Lipinski definition) is 0. The van der Waals surface area contributed by atoms with Crippen molar-refractivity contribution in [2.75, 3.05) is 0 Å². The predicted octanol–water partition coefficient (Wildman–Crippen LogP) is 20.9. The third-order valence-electron chi connectivity index (χ3n) is 17.4. The van der Waals surface area contributed by atoms with E-state index in [0.29, 0.717) is 0 Å². The maximum absolute atomic E-state index is 2.49. The Labute approximate surface area is 495 Å². The molecule has 14 rings (SSSR count). The summed E-state index contributed by atoms with van der Waals surface area (Å²) in [6.07, 6.45) is 0. The van der Waals surface area contributed by atoms with Crippen molar-refractivity contribution in [3.63, 3.8) is 0 Å². The van der Waals surface area contributed by atoms with E-state index in [1.54, 1.807) is 0 Å². The Bertz CT molecular complexity index is 4110. The van der Waals surface area contributed by atoms with E-state index in [2.05, 4.69) is 366 Å². The van der Waals surface area contributed by atoms with Crippen LogP contribution in [-0.4, -0.2) is 9.13 Å². The van der Waals surface area contributed by atoms with Gasteiger partial charge in [-0.05, 0) is 127 Å². The number of aromatic nitrogens is 2.